The lowest BCUT2D eigenvalue weighted by Gasteiger charge is -2.26. The van der Waals surface area contributed by atoms with Crippen LogP contribution in [0.2, 0.25) is 0 Å². The number of ketones is 1. The summed E-state index contributed by atoms with van der Waals surface area (Å²) in [6.45, 7) is 5.42. The van der Waals surface area contributed by atoms with Gasteiger partial charge >= 0.3 is 0 Å². The van der Waals surface area contributed by atoms with Crippen LogP contribution in [0.1, 0.15) is 17.2 Å². The number of sulfonamides is 1. The van der Waals surface area contributed by atoms with Crippen molar-refractivity contribution in [3.8, 4) is 5.75 Å². The molecule has 4 rings (SSSR count). The van der Waals surface area contributed by atoms with Crippen molar-refractivity contribution < 1.29 is 37.3 Å². The summed E-state index contributed by atoms with van der Waals surface area (Å²) >= 11 is 0. The second-order valence-corrected chi connectivity index (χ2v) is 10.6. The monoisotopic (exact) mass is 542 g/mol. The van der Waals surface area contributed by atoms with E-state index in [4.69, 9.17) is 14.2 Å². The molecule has 0 aromatic heterocycles. The fraction of sp³-hybridized carbons (Fsp3) is 0.333. The normalized spacial score (nSPS) is 20.0. The van der Waals surface area contributed by atoms with Crippen molar-refractivity contribution >= 4 is 27.5 Å². The molecule has 0 spiro atoms. The first-order valence-electron chi connectivity index (χ1n) is 12.1. The van der Waals surface area contributed by atoms with Gasteiger partial charge < -0.3 is 24.2 Å². The molecule has 2 aliphatic heterocycles. The highest BCUT2D eigenvalue weighted by atomic mass is 32.2. The molecule has 0 unspecified atom stereocenters. The number of morpholine rings is 1. The van der Waals surface area contributed by atoms with Gasteiger partial charge in [0.05, 0.1) is 36.3 Å². The SMILES string of the molecule is C=CCOc1ccc([C@H]2/C(=C(\O)c3ccc(S(=O)(=O)N4CCOCC4)cc3)C(=O)C(=O)N2CCOC)cc1. The van der Waals surface area contributed by atoms with Crippen molar-refractivity contribution in [2.24, 2.45) is 0 Å². The Morgan fingerprint density at radius 3 is 2.37 bits per heavy atom. The van der Waals surface area contributed by atoms with Gasteiger partial charge in [-0.2, -0.15) is 4.31 Å². The zero-order valence-electron chi connectivity index (χ0n) is 21.0. The first kappa shape index (κ1) is 27.5. The van der Waals surface area contributed by atoms with E-state index in [0.717, 1.165) is 0 Å². The second-order valence-electron chi connectivity index (χ2n) is 8.69. The minimum atomic E-state index is -3.73. The number of Topliss-reactive ketones (excluding diaryl/α,β-unsaturated/α-hetero) is 1. The molecule has 10 nitrogen and oxygen atoms in total. The number of amides is 1. The number of aliphatic hydroxyl groups excluding tert-OH is 1. The van der Waals surface area contributed by atoms with Gasteiger partial charge in [0.2, 0.25) is 10.0 Å². The number of hydrogen-bond donors (Lipinski definition) is 1. The van der Waals surface area contributed by atoms with Gasteiger partial charge in [0.1, 0.15) is 18.1 Å². The molecule has 0 aliphatic carbocycles. The van der Waals surface area contributed by atoms with Gasteiger partial charge in [-0.1, -0.05) is 24.8 Å². The van der Waals surface area contributed by atoms with E-state index in [9.17, 15) is 23.1 Å². The highest BCUT2D eigenvalue weighted by Crippen LogP contribution is 2.39. The van der Waals surface area contributed by atoms with E-state index < -0.39 is 33.5 Å². The van der Waals surface area contributed by atoms with Gasteiger partial charge in [0.15, 0.2) is 0 Å². The van der Waals surface area contributed by atoms with Crippen LogP contribution in [0.25, 0.3) is 5.76 Å². The number of carbonyl (C=O) groups excluding carboxylic acids is 2. The maximum absolute atomic E-state index is 13.1. The third-order valence-corrected chi connectivity index (χ3v) is 8.29. The first-order valence-corrected chi connectivity index (χ1v) is 13.5. The summed E-state index contributed by atoms with van der Waals surface area (Å²) < 4.78 is 43.1. The number of ether oxygens (including phenoxy) is 3. The Hall–Kier alpha value is -3.51. The van der Waals surface area contributed by atoms with E-state index in [2.05, 4.69) is 6.58 Å². The standard InChI is InChI=1S/C27H30N2O8S/c1-3-15-37-21-8-4-19(5-9-21)24-23(26(31)27(32)29(24)14-16-35-2)25(30)20-6-10-22(11-7-20)38(33,34)28-12-17-36-18-13-28/h3-11,24,30H,1,12-18H2,2H3/b25-23+/t24-/m0/s1. The van der Waals surface area contributed by atoms with Crippen LogP contribution in [0, 0.1) is 0 Å². The average Bonchev–Trinajstić information content (AvgIpc) is 3.20. The van der Waals surface area contributed by atoms with Gasteiger partial charge in [-0.3, -0.25) is 9.59 Å². The Labute approximate surface area is 221 Å². The molecule has 2 fully saturated rings. The van der Waals surface area contributed by atoms with E-state index in [1.807, 2.05) is 0 Å². The highest BCUT2D eigenvalue weighted by molar-refractivity contribution is 7.89. The maximum Gasteiger partial charge on any atom is 0.295 e. The van der Waals surface area contributed by atoms with Crippen molar-refractivity contribution in [2.45, 2.75) is 10.9 Å². The summed E-state index contributed by atoms with van der Waals surface area (Å²) in [5.74, 6) is -1.40. The molecule has 0 bridgehead atoms. The number of hydrogen-bond acceptors (Lipinski definition) is 8. The van der Waals surface area contributed by atoms with Crippen molar-refractivity contribution in [3.63, 3.8) is 0 Å². The Bertz CT molecular complexity index is 1310. The number of nitrogens with zero attached hydrogens (tertiary/aromatic N) is 2. The number of benzene rings is 2. The van der Waals surface area contributed by atoms with E-state index in [-0.39, 0.29) is 42.3 Å². The van der Waals surface area contributed by atoms with Crippen LogP contribution in [0.3, 0.4) is 0 Å². The molecule has 2 saturated heterocycles. The smallest absolute Gasteiger partial charge is 0.295 e. The van der Waals surface area contributed by atoms with Crippen LogP contribution in [0.5, 0.6) is 5.75 Å². The van der Waals surface area contributed by atoms with E-state index in [0.29, 0.717) is 31.1 Å². The zero-order valence-corrected chi connectivity index (χ0v) is 21.9. The minimum Gasteiger partial charge on any atom is -0.507 e. The van der Waals surface area contributed by atoms with Crippen LogP contribution in [-0.4, -0.2) is 87.6 Å². The Morgan fingerprint density at radius 1 is 1.11 bits per heavy atom. The van der Waals surface area contributed by atoms with Crippen LogP contribution in [0.15, 0.2) is 71.7 Å². The largest absolute Gasteiger partial charge is 0.507 e. The summed E-state index contributed by atoms with van der Waals surface area (Å²) in [5.41, 5.74) is 0.723. The number of likely N-dealkylation sites (tertiary alicyclic amines) is 1. The van der Waals surface area contributed by atoms with Gasteiger partial charge in [0.25, 0.3) is 11.7 Å². The van der Waals surface area contributed by atoms with Gasteiger partial charge in [-0.25, -0.2) is 8.42 Å². The molecule has 1 atom stereocenters. The molecule has 11 heteroatoms. The van der Waals surface area contributed by atoms with Gasteiger partial charge in [0, 0.05) is 32.3 Å². The molecule has 202 valence electrons. The summed E-state index contributed by atoms with van der Waals surface area (Å²) in [6.07, 6.45) is 1.62. The predicted octanol–water partition coefficient (Wildman–Crippen LogP) is 2.34. The average molecular weight is 543 g/mol. The third kappa shape index (κ3) is 5.51. The van der Waals surface area contributed by atoms with Crippen LogP contribution in [0.4, 0.5) is 0 Å². The number of aliphatic hydroxyl groups is 1. The van der Waals surface area contributed by atoms with Crippen molar-refractivity contribution in [1.29, 1.82) is 0 Å². The number of rotatable bonds is 10. The third-order valence-electron chi connectivity index (χ3n) is 6.38. The lowest BCUT2D eigenvalue weighted by Crippen LogP contribution is -2.40. The highest BCUT2D eigenvalue weighted by Gasteiger charge is 2.46. The molecule has 38 heavy (non-hydrogen) atoms. The minimum absolute atomic E-state index is 0.0585. The number of carbonyl (C=O) groups is 2. The molecule has 2 heterocycles. The maximum atomic E-state index is 13.1. The van der Waals surface area contributed by atoms with Crippen molar-refractivity contribution in [2.75, 3.05) is 53.2 Å². The van der Waals surface area contributed by atoms with E-state index in [1.165, 1.54) is 40.6 Å². The molecule has 2 aliphatic rings. The van der Waals surface area contributed by atoms with Crippen LogP contribution < -0.4 is 4.74 Å². The Kier molecular flexibility index (Phi) is 8.62. The lowest BCUT2D eigenvalue weighted by molar-refractivity contribution is -0.140. The van der Waals surface area contributed by atoms with Crippen LogP contribution in [-0.2, 0) is 29.1 Å². The molecule has 2 aromatic carbocycles. The van der Waals surface area contributed by atoms with Crippen LogP contribution >= 0.6 is 0 Å². The molecule has 2 aromatic rings. The second kappa shape index (κ2) is 11.9. The zero-order chi connectivity index (χ0) is 27.3. The molecule has 1 amide bonds. The molecular weight excluding hydrogens is 512 g/mol. The molecular formula is C27H30N2O8S. The van der Waals surface area contributed by atoms with E-state index in [1.54, 1.807) is 30.3 Å². The summed E-state index contributed by atoms with van der Waals surface area (Å²) in [4.78, 5) is 27.5. The van der Waals surface area contributed by atoms with Gasteiger partial charge in [-0.15, -0.1) is 0 Å². The summed E-state index contributed by atoms with van der Waals surface area (Å²) in [7, 11) is -2.24. The Balaban J connectivity index is 1.71. The summed E-state index contributed by atoms with van der Waals surface area (Å²) in [5, 5.41) is 11.2. The Morgan fingerprint density at radius 2 is 1.76 bits per heavy atom. The topological polar surface area (TPSA) is 123 Å². The predicted molar refractivity (Wildman–Crippen MR) is 139 cm³/mol. The fourth-order valence-corrected chi connectivity index (χ4v) is 5.83. The van der Waals surface area contributed by atoms with E-state index >= 15 is 0 Å². The van der Waals surface area contributed by atoms with Gasteiger partial charge in [-0.05, 0) is 42.0 Å². The molecule has 0 saturated carbocycles. The summed E-state index contributed by atoms with van der Waals surface area (Å²) in [6, 6.07) is 11.6. The fourth-order valence-electron chi connectivity index (χ4n) is 4.42. The molecule has 0 radical (unpaired) electrons. The quantitative estimate of drug-likeness (QED) is 0.210. The first-order chi connectivity index (χ1) is 18.3. The van der Waals surface area contributed by atoms with Crippen molar-refractivity contribution in [3.05, 3.63) is 77.9 Å². The molecule has 1 N–H and O–H groups in total. The number of methoxy groups -OCH3 is 1. The van der Waals surface area contributed by atoms with Crippen molar-refractivity contribution in [1.82, 2.24) is 9.21 Å². The lowest BCUT2D eigenvalue weighted by atomic mass is 9.95.